The van der Waals surface area contributed by atoms with Gasteiger partial charge in [0.2, 0.25) is 0 Å². The first kappa shape index (κ1) is 11.4. The van der Waals surface area contributed by atoms with E-state index in [1.54, 1.807) is 0 Å². The lowest BCUT2D eigenvalue weighted by Crippen LogP contribution is -2.12. The van der Waals surface area contributed by atoms with Crippen LogP contribution in [0, 0.1) is 0 Å². The van der Waals surface area contributed by atoms with Crippen LogP contribution in [0.15, 0.2) is 24.3 Å². The molecule has 0 aliphatic heterocycles. The SMILES string of the molecule is CC(C)c1ccc(C2CCC(=O)CC2)cc1. The predicted molar refractivity (Wildman–Crippen MR) is 66.7 cm³/mol. The van der Waals surface area contributed by atoms with E-state index in [1.165, 1.54) is 11.1 Å². The van der Waals surface area contributed by atoms with Crippen LogP contribution in [0.5, 0.6) is 0 Å². The zero-order valence-corrected chi connectivity index (χ0v) is 10.2. The number of Topliss-reactive ketones (excluding diaryl/α,β-unsaturated/α-hetero) is 1. The van der Waals surface area contributed by atoms with Crippen molar-refractivity contribution >= 4 is 5.78 Å². The lowest BCUT2D eigenvalue weighted by atomic mass is 9.83. The molecule has 0 amide bonds. The molecule has 0 N–H and O–H groups in total. The number of carbonyl (C=O) groups is 1. The predicted octanol–water partition coefficient (Wildman–Crippen LogP) is 4.04. The van der Waals surface area contributed by atoms with Gasteiger partial charge in [-0.15, -0.1) is 0 Å². The van der Waals surface area contributed by atoms with Crippen LogP contribution in [-0.4, -0.2) is 5.78 Å². The van der Waals surface area contributed by atoms with Gasteiger partial charge in [-0.2, -0.15) is 0 Å². The number of carbonyl (C=O) groups excluding carboxylic acids is 1. The molecular weight excluding hydrogens is 196 g/mol. The van der Waals surface area contributed by atoms with Crippen molar-refractivity contribution < 1.29 is 4.79 Å². The second-order valence-corrected chi connectivity index (χ2v) is 5.13. The van der Waals surface area contributed by atoms with E-state index in [0.717, 1.165) is 25.7 Å². The minimum Gasteiger partial charge on any atom is -0.300 e. The summed E-state index contributed by atoms with van der Waals surface area (Å²) in [5.74, 6) is 1.65. The van der Waals surface area contributed by atoms with Gasteiger partial charge in [0, 0.05) is 12.8 Å². The van der Waals surface area contributed by atoms with Crippen molar-refractivity contribution in [2.45, 2.75) is 51.4 Å². The molecule has 1 nitrogen and oxygen atoms in total. The molecule has 0 aromatic heterocycles. The van der Waals surface area contributed by atoms with Crippen molar-refractivity contribution in [2.24, 2.45) is 0 Å². The molecule has 1 aromatic rings. The molecule has 1 fully saturated rings. The maximum Gasteiger partial charge on any atom is 0.132 e. The fraction of sp³-hybridized carbons (Fsp3) is 0.533. The van der Waals surface area contributed by atoms with Gasteiger partial charge < -0.3 is 0 Å². The minimum absolute atomic E-state index is 0.440. The summed E-state index contributed by atoms with van der Waals surface area (Å²) in [6.45, 7) is 4.43. The molecule has 0 unspecified atom stereocenters. The normalized spacial score (nSPS) is 18.1. The fourth-order valence-corrected chi connectivity index (χ4v) is 2.43. The first-order valence-corrected chi connectivity index (χ1v) is 6.28. The summed E-state index contributed by atoms with van der Waals surface area (Å²) in [5, 5.41) is 0. The Kier molecular flexibility index (Phi) is 3.42. The average molecular weight is 216 g/mol. The van der Waals surface area contributed by atoms with Crippen molar-refractivity contribution in [1.29, 1.82) is 0 Å². The Bertz CT molecular complexity index is 352. The lowest BCUT2D eigenvalue weighted by Gasteiger charge is -2.21. The van der Waals surface area contributed by atoms with Gasteiger partial charge >= 0.3 is 0 Å². The molecule has 0 saturated heterocycles. The molecule has 86 valence electrons. The van der Waals surface area contributed by atoms with Crippen LogP contribution < -0.4 is 0 Å². The van der Waals surface area contributed by atoms with E-state index >= 15 is 0 Å². The van der Waals surface area contributed by atoms with Gasteiger partial charge in [0.05, 0.1) is 0 Å². The van der Waals surface area contributed by atoms with Gasteiger partial charge in [0.1, 0.15) is 5.78 Å². The summed E-state index contributed by atoms with van der Waals surface area (Å²) in [7, 11) is 0. The summed E-state index contributed by atoms with van der Waals surface area (Å²) in [6.07, 6.45) is 3.63. The molecule has 1 saturated carbocycles. The topological polar surface area (TPSA) is 17.1 Å². The van der Waals surface area contributed by atoms with Gasteiger partial charge in [-0.1, -0.05) is 38.1 Å². The highest BCUT2D eigenvalue weighted by Crippen LogP contribution is 2.31. The number of hydrogen-bond acceptors (Lipinski definition) is 1. The Morgan fingerprint density at radius 3 is 2.12 bits per heavy atom. The largest absolute Gasteiger partial charge is 0.300 e. The molecule has 0 atom stereocenters. The summed E-state index contributed by atoms with van der Waals surface area (Å²) in [6, 6.07) is 8.96. The molecule has 16 heavy (non-hydrogen) atoms. The Morgan fingerprint density at radius 1 is 1.06 bits per heavy atom. The molecule has 0 radical (unpaired) electrons. The lowest BCUT2D eigenvalue weighted by molar-refractivity contribution is -0.120. The number of rotatable bonds is 2. The Balaban J connectivity index is 2.07. The zero-order valence-electron chi connectivity index (χ0n) is 10.2. The van der Waals surface area contributed by atoms with Crippen molar-refractivity contribution in [3.8, 4) is 0 Å². The van der Waals surface area contributed by atoms with Gasteiger partial charge in [-0.05, 0) is 35.8 Å². The van der Waals surface area contributed by atoms with Gasteiger partial charge in [0.25, 0.3) is 0 Å². The summed E-state index contributed by atoms with van der Waals surface area (Å²) in [5.41, 5.74) is 2.81. The quantitative estimate of drug-likeness (QED) is 0.729. The Morgan fingerprint density at radius 2 is 1.62 bits per heavy atom. The highest BCUT2D eigenvalue weighted by molar-refractivity contribution is 5.79. The highest BCUT2D eigenvalue weighted by atomic mass is 16.1. The van der Waals surface area contributed by atoms with Gasteiger partial charge in [0.15, 0.2) is 0 Å². The summed E-state index contributed by atoms with van der Waals surface area (Å²) in [4.78, 5) is 11.2. The maximum absolute atomic E-state index is 11.2. The van der Waals surface area contributed by atoms with Crippen molar-refractivity contribution in [1.82, 2.24) is 0 Å². The molecule has 0 bridgehead atoms. The zero-order chi connectivity index (χ0) is 11.5. The molecular formula is C15H20O. The molecule has 2 rings (SSSR count). The van der Waals surface area contributed by atoms with Crippen molar-refractivity contribution in [3.63, 3.8) is 0 Å². The Labute approximate surface area is 97.9 Å². The summed E-state index contributed by atoms with van der Waals surface area (Å²) >= 11 is 0. The number of hydrogen-bond donors (Lipinski definition) is 0. The van der Waals surface area contributed by atoms with Crippen LogP contribution >= 0.6 is 0 Å². The van der Waals surface area contributed by atoms with Gasteiger partial charge in [-0.3, -0.25) is 4.79 Å². The van der Waals surface area contributed by atoms with E-state index in [1.807, 2.05) is 0 Å². The molecule has 1 aliphatic carbocycles. The standard InChI is InChI=1S/C15H20O/c1-11(2)12-3-5-13(6-4-12)14-7-9-15(16)10-8-14/h3-6,11,14H,7-10H2,1-2H3. The third kappa shape index (κ3) is 2.52. The third-order valence-corrected chi connectivity index (χ3v) is 3.62. The van der Waals surface area contributed by atoms with E-state index in [0.29, 0.717) is 17.6 Å². The maximum atomic E-state index is 11.2. The van der Waals surface area contributed by atoms with Crippen LogP contribution in [0.25, 0.3) is 0 Å². The van der Waals surface area contributed by atoms with E-state index in [-0.39, 0.29) is 0 Å². The smallest absolute Gasteiger partial charge is 0.132 e. The molecule has 0 heterocycles. The van der Waals surface area contributed by atoms with Gasteiger partial charge in [-0.25, -0.2) is 0 Å². The molecule has 1 heteroatoms. The van der Waals surface area contributed by atoms with Crippen LogP contribution in [0.4, 0.5) is 0 Å². The van der Waals surface area contributed by atoms with Crippen LogP contribution in [0.1, 0.15) is 62.5 Å². The second-order valence-electron chi connectivity index (χ2n) is 5.13. The second kappa shape index (κ2) is 4.82. The third-order valence-electron chi connectivity index (χ3n) is 3.62. The summed E-state index contributed by atoms with van der Waals surface area (Å²) < 4.78 is 0. The Hall–Kier alpha value is -1.11. The fourth-order valence-electron chi connectivity index (χ4n) is 2.43. The minimum atomic E-state index is 0.440. The first-order valence-electron chi connectivity index (χ1n) is 6.28. The van der Waals surface area contributed by atoms with Crippen LogP contribution in [0.3, 0.4) is 0 Å². The van der Waals surface area contributed by atoms with E-state index in [2.05, 4.69) is 38.1 Å². The molecule has 0 spiro atoms. The van der Waals surface area contributed by atoms with Crippen molar-refractivity contribution in [2.75, 3.05) is 0 Å². The monoisotopic (exact) mass is 216 g/mol. The van der Waals surface area contributed by atoms with E-state index in [4.69, 9.17) is 0 Å². The van der Waals surface area contributed by atoms with Crippen molar-refractivity contribution in [3.05, 3.63) is 35.4 Å². The number of ketones is 1. The van der Waals surface area contributed by atoms with Crippen LogP contribution in [-0.2, 0) is 4.79 Å². The highest BCUT2D eigenvalue weighted by Gasteiger charge is 2.19. The molecule has 1 aromatic carbocycles. The van der Waals surface area contributed by atoms with E-state index in [9.17, 15) is 4.79 Å². The van der Waals surface area contributed by atoms with Crippen LogP contribution in [0.2, 0.25) is 0 Å². The number of benzene rings is 1. The first-order chi connectivity index (χ1) is 7.66. The van der Waals surface area contributed by atoms with E-state index < -0.39 is 0 Å². The molecule has 1 aliphatic rings. The average Bonchev–Trinajstić information content (AvgIpc) is 2.30.